The summed E-state index contributed by atoms with van der Waals surface area (Å²) >= 11 is 1.88. The number of nitrogens with one attached hydrogen (secondary N) is 1. The van der Waals surface area contributed by atoms with Crippen LogP contribution >= 0.6 is 11.3 Å². The Morgan fingerprint density at radius 3 is 2.78 bits per heavy atom. The average molecular weight is 260 g/mol. The summed E-state index contributed by atoms with van der Waals surface area (Å²) in [5.41, 5.74) is 2.62. The standard InChI is InChI=1S/C15H20N2S/c1-4-7-17-15(13-6-5-8-16-10-13)14-9-11(2)12(3)18-14/h5-6,8-10,15,17H,4,7H2,1-3H3. The zero-order valence-corrected chi connectivity index (χ0v) is 12.1. The van der Waals surface area contributed by atoms with Crippen LogP contribution in [-0.4, -0.2) is 11.5 Å². The van der Waals surface area contributed by atoms with Crippen LogP contribution in [0.3, 0.4) is 0 Å². The quantitative estimate of drug-likeness (QED) is 0.883. The number of rotatable bonds is 5. The first-order valence-corrected chi connectivity index (χ1v) is 7.24. The molecule has 3 heteroatoms. The molecule has 2 aromatic rings. The zero-order chi connectivity index (χ0) is 13.0. The number of hydrogen-bond acceptors (Lipinski definition) is 3. The van der Waals surface area contributed by atoms with Gasteiger partial charge in [0.05, 0.1) is 6.04 Å². The van der Waals surface area contributed by atoms with Gasteiger partial charge in [0.25, 0.3) is 0 Å². The van der Waals surface area contributed by atoms with Crippen molar-refractivity contribution < 1.29 is 0 Å². The van der Waals surface area contributed by atoms with E-state index in [1.165, 1.54) is 20.9 Å². The van der Waals surface area contributed by atoms with Gasteiger partial charge < -0.3 is 5.32 Å². The van der Waals surface area contributed by atoms with Gasteiger partial charge in [0.1, 0.15) is 0 Å². The summed E-state index contributed by atoms with van der Waals surface area (Å²) in [5.74, 6) is 0. The SMILES string of the molecule is CCCNC(c1cccnc1)c1cc(C)c(C)s1. The van der Waals surface area contributed by atoms with E-state index in [0.717, 1.165) is 13.0 Å². The molecule has 0 bridgehead atoms. The molecule has 0 saturated heterocycles. The number of nitrogens with zero attached hydrogens (tertiary/aromatic N) is 1. The summed E-state index contributed by atoms with van der Waals surface area (Å²) in [6, 6.07) is 6.71. The zero-order valence-electron chi connectivity index (χ0n) is 11.2. The number of aromatic nitrogens is 1. The van der Waals surface area contributed by atoms with Gasteiger partial charge in [-0.3, -0.25) is 4.98 Å². The van der Waals surface area contributed by atoms with Crippen LogP contribution in [0.25, 0.3) is 0 Å². The summed E-state index contributed by atoms with van der Waals surface area (Å²) in [4.78, 5) is 7.01. The van der Waals surface area contributed by atoms with Gasteiger partial charge in [-0.15, -0.1) is 11.3 Å². The summed E-state index contributed by atoms with van der Waals surface area (Å²) in [5, 5.41) is 3.61. The van der Waals surface area contributed by atoms with Crippen molar-refractivity contribution in [1.82, 2.24) is 10.3 Å². The lowest BCUT2D eigenvalue weighted by molar-refractivity contribution is 0.604. The second-order valence-corrected chi connectivity index (χ2v) is 5.85. The van der Waals surface area contributed by atoms with Crippen molar-refractivity contribution in [3.8, 4) is 0 Å². The molecule has 0 saturated carbocycles. The molecule has 2 aromatic heterocycles. The molecule has 1 N–H and O–H groups in total. The van der Waals surface area contributed by atoms with E-state index in [0.29, 0.717) is 0 Å². The highest BCUT2D eigenvalue weighted by Gasteiger charge is 2.16. The van der Waals surface area contributed by atoms with Crippen molar-refractivity contribution in [2.45, 2.75) is 33.2 Å². The first-order chi connectivity index (χ1) is 8.72. The lowest BCUT2D eigenvalue weighted by Gasteiger charge is -2.17. The Morgan fingerprint density at radius 1 is 1.39 bits per heavy atom. The third kappa shape index (κ3) is 2.98. The normalized spacial score (nSPS) is 12.6. The third-order valence-electron chi connectivity index (χ3n) is 3.09. The van der Waals surface area contributed by atoms with E-state index in [9.17, 15) is 0 Å². The molecule has 0 aromatic carbocycles. The molecule has 0 aliphatic heterocycles. The van der Waals surface area contributed by atoms with Gasteiger partial charge in [0, 0.05) is 22.1 Å². The third-order valence-corrected chi connectivity index (χ3v) is 4.30. The van der Waals surface area contributed by atoms with Gasteiger partial charge in [0.2, 0.25) is 0 Å². The van der Waals surface area contributed by atoms with Gasteiger partial charge in [-0.05, 0) is 50.1 Å². The Labute approximate surface area is 113 Å². The predicted molar refractivity (Wildman–Crippen MR) is 78.2 cm³/mol. The Morgan fingerprint density at radius 2 is 2.22 bits per heavy atom. The molecule has 18 heavy (non-hydrogen) atoms. The molecule has 0 amide bonds. The molecular weight excluding hydrogens is 240 g/mol. The van der Waals surface area contributed by atoms with E-state index in [4.69, 9.17) is 0 Å². The van der Waals surface area contributed by atoms with Crippen LogP contribution < -0.4 is 5.32 Å². The number of pyridine rings is 1. The van der Waals surface area contributed by atoms with Gasteiger partial charge >= 0.3 is 0 Å². The van der Waals surface area contributed by atoms with E-state index in [-0.39, 0.29) is 6.04 Å². The summed E-state index contributed by atoms with van der Waals surface area (Å²) in [6.07, 6.45) is 4.92. The Hall–Kier alpha value is -1.19. The highest BCUT2D eigenvalue weighted by atomic mass is 32.1. The molecule has 0 aliphatic rings. The van der Waals surface area contributed by atoms with E-state index >= 15 is 0 Å². The van der Waals surface area contributed by atoms with Gasteiger partial charge in [-0.1, -0.05) is 13.0 Å². The Bertz CT molecular complexity index is 471. The van der Waals surface area contributed by atoms with Crippen LogP contribution in [0.1, 0.15) is 40.3 Å². The maximum Gasteiger partial charge on any atom is 0.0686 e. The lowest BCUT2D eigenvalue weighted by atomic mass is 10.1. The minimum absolute atomic E-state index is 0.274. The topological polar surface area (TPSA) is 24.9 Å². The molecule has 2 heterocycles. The molecule has 2 nitrogen and oxygen atoms in total. The van der Waals surface area contributed by atoms with E-state index < -0.39 is 0 Å². The molecule has 1 atom stereocenters. The number of hydrogen-bond donors (Lipinski definition) is 1. The first kappa shape index (κ1) is 13.2. The van der Waals surface area contributed by atoms with Crippen molar-refractivity contribution in [3.63, 3.8) is 0 Å². The van der Waals surface area contributed by atoms with Crippen molar-refractivity contribution in [1.29, 1.82) is 0 Å². The Kier molecular flexibility index (Phi) is 4.50. The van der Waals surface area contributed by atoms with Crippen LogP contribution in [0.15, 0.2) is 30.6 Å². The molecule has 96 valence electrons. The summed E-state index contributed by atoms with van der Waals surface area (Å²) in [6.45, 7) is 7.58. The second kappa shape index (κ2) is 6.12. The fourth-order valence-corrected chi connectivity index (χ4v) is 3.11. The van der Waals surface area contributed by atoms with Crippen LogP contribution in [0.2, 0.25) is 0 Å². The minimum atomic E-state index is 0.274. The smallest absolute Gasteiger partial charge is 0.0686 e. The monoisotopic (exact) mass is 260 g/mol. The number of aryl methyl sites for hydroxylation is 2. The molecule has 0 radical (unpaired) electrons. The maximum atomic E-state index is 4.23. The second-order valence-electron chi connectivity index (χ2n) is 4.56. The summed E-state index contributed by atoms with van der Waals surface area (Å²) in [7, 11) is 0. The Balaban J connectivity index is 2.30. The molecule has 0 spiro atoms. The molecule has 1 unspecified atom stereocenters. The van der Waals surface area contributed by atoms with E-state index in [1.807, 2.05) is 29.8 Å². The fourth-order valence-electron chi connectivity index (χ4n) is 1.96. The van der Waals surface area contributed by atoms with Crippen LogP contribution in [-0.2, 0) is 0 Å². The van der Waals surface area contributed by atoms with Crippen LogP contribution in [0.4, 0.5) is 0 Å². The van der Waals surface area contributed by atoms with Gasteiger partial charge in [-0.25, -0.2) is 0 Å². The largest absolute Gasteiger partial charge is 0.306 e. The van der Waals surface area contributed by atoms with E-state index in [2.05, 4.69) is 43.2 Å². The summed E-state index contributed by atoms with van der Waals surface area (Å²) < 4.78 is 0. The highest BCUT2D eigenvalue weighted by molar-refractivity contribution is 7.12. The van der Waals surface area contributed by atoms with Crippen molar-refractivity contribution in [2.24, 2.45) is 0 Å². The van der Waals surface area contributed by atoms with Gasteiger partial charge in [0.15, 0.2) is 0 Å². The van der Waals surface area contributed by atoms with Crippen molar-refractivity contribution in [2.75, 3.05) is 6.54 Å². The average Bonchev–Trinajstić information content (AvgIpc) is 2.71. The fraction of sp³-hybridized carbons (Fsp3) is 0.400. The lowest BCUT2D eigenvalue weighted by Crippen LogP contribution is -2.22. The molecule has 0 fully saturated rings. The van der Waals surface area contributed by atoms with E-state index in [1.54, 1.807) is 0 Å². The molecule has 2 rings (SSSR count). The van der Waals surface area contributed by atoms with Crippen molar-refractivity contribution in [3.05, 3.63) is 51.5 Å². The number of thiophene rings is 1. The van der Waals surface area contributed by atoms with Crippen LogP contribution in [0.5, 0.6) is 0 Å². The van der Waals surface area contributed by atoms with Crippen molar-refractivity contribution >= 4 is 11.3 Å². The van der Waals surface area contributed by atoms with Gasteiger partial charge in [-0.2, -0.15) is 0 Å². The first-order valence-electron chi connectivity index (χ1n) is 6.42. The van der Waals surface area contributed by atoms with Crippen LogP contribution in [0, 0.1) is 13.8 Å². The predicted octanol–water partition coefficient (Wildman–Crippen LogP) is 3.85. The maximum absolute atomic E-state index is 4.23. The molecule has 0 aliphatic carbocycles. The molecular formula is C15H20N2S. The minimum Gasteiger partial charge on any atom is -0.306 e. The highest BCUT2D eigenvalue weighted by Crippen LogP contribution is 2.30.